The summed E-state index contributed by atoms with van der Waals surface area (Å²) in [5, 5.41) is 24.8. The van der Waals surface area contributed by atoms with E-state index in [-0.39, 0.29) is 32.6 Å². The van der Waals surface area contributed by atoms with Gasteiger partial charge in [-0.25, -0.2) is 19.3 Å². The van der Waals surface area contributed by atoms with E-state index in [1.54, 1.807) is 55.7 Å². The number of likely N-dealkylation sites (N-methyl/N-ethyl adjacent to an activating group) is 2. The lowest BCUT2D eigenvalue weighted by Gasteiger charge is -2.33. The van der Waals surface area contributed by atoms with Gasteiger partial charge in [-0.2, -0.15) is 0 Å². The molecule has 6 aromatic rings. The van der Waals surface area contributed by atoms with E-state index in [9.17, 15) is 19.5 Å². The Balaban J connectivity index is 0.000000220. The molecule has 2 aromatic carbocycles. The van der Waals surface area contributed by atoms with Crippen molar-refractivity contribution < 1.29 is 9.90 Å². The Kier molecular flexibility index (Phi) is 15.7. The minimum Gasteiger partial charge on any atom is -0.396 e. The highest BCUT2D eigenvalue weighted by atomic mass is 16.3. The molecule has 2 aliphatic heterocycles. The van der Waals surface area contributed by atoms with Crippen LogP contribution in [0.2, 0.25) is 0 Å². The van der Waals surface area contributed by atoms with Gasteiger partial charge in [-0.1, -0.05) is 25.3 Å². The van der Waals surface area contributed by atoms with Gasteiger partial charge in [-0.05, 0) is 81.9 Å². The predicted octanol–water partition coefficient (Wildman–Crippen LogP) is 2.46. The van der Waals surface area contributed by atoms with Crippen LogP contribution < -0.4 is 20.9 Å². The number of aromatic nitrogens is 10. The number of aliphatic hydroxyl groups is 1. The molecular formula is C42H56N14O4. The Morgan fingerprint density at radius 3 is 1.37 bits per heavy atom. The van der Waals surface area contributed by atoms with E-state index in [4.69, 9.17) is 0 Å². The molecule has 0 spiro atoms. The molecule has 318 valence electrons. The van der Waals surface area contributed by atoms with E-state index in [0.717, 1.165) is 92.8 Å². The molecule has 2 aliphatic rings. The highest BCUT2D eigenvalue weighted by molar-refractivity contribution is 5.50. The highest BCUT2D eigenvalue weighted by Crippen LogP contribution is 2.18. The van der Waals surface area contributed by atoms with E-state index < -0.39 is 0 Å². The van der Waals surface area contributed by atoms with Crippen LogP contribution >= 0.6 is 0 Å². The molecule has 6 heterocycles. The van der Waals surface area contributed by atoms with Crippen molar-refractivity contribution in [1.82, 2.24) is 58.9 Å². The van der Waals surface area contributed by atoms with Crippen LogP contribution in [-0.4, -0.2) is 143 Å². The van der Waals surface area contributed by atoms with Crippen LogP contribution in [0.5, 0.6) is 0 Å². The predicted molar refractivity (Wildman–Crippen MR) is 232 cm³/mol. The first-order chi connectivity index (χ1) is 28.3. The third-order valence-electron chi connectivity index (χ3n) is 10.2. The molecule has 0 amide bonds. The van der Waals surface area contributed by atoms with Crippen molar-refractivity contribution in [2.24, 2.45) is 0 Å². The summed E-state index contributed by atoms with van der Waals surface area (Å²) in [6.45, 7) is 6.70. The number of aliphatic hydroxyl groups excluding tert-OH is 1. The first-order valence-corrected chi connectivity index (χ1v) is 19.4. The van der Waals surface area contributed by atoms with Crippen molar-refractivity contribution >= 4 is 17.9 Å². The number of rotatable bonds is 12. The van der Waals surface area contributed by atoms with Crippen LogP contribution in [0.15, 0.2) is 95.3 Å². The molecule has 0 bridgehead atoms. The molecule has 0 unspecified atom stereocenters. The smallest absolute Gasteiger partial charge is 0.298 e. The molecule has 2 fully saturated rings. The maximum absolute atomic E-state index is 13.3. The molecule has 0 atom stereocenters. The monoisotopic (exact) mass is 820 g/mol. The molecular weight excluding hydrogens is 765 g/mol. The van der Waals surface area contributed by atoms with E-state index in [1.165, 1.54) is 0 Å². The van der Waals surface area contributed by atoms with Crippen molar-refractivity contribution in [3.63, 3.8) is 0 Å². The number of nitrogens with zero attached hydrogens (tertiary/aromatic N) is 14. The van der Waals surface area contributed by atoms with Crippen LogP contribution in [0.25, 0.3) is 22.7 Å². The first-order valence-electron chi connectivity index (χ1n) is 19.4. The van der Waals surface area contributed by atoms with Gasteiger partial charge in [0, 0.05) is 89.2 Å². The van der Waals surface area contributed by atoms with E-state index >= 15 is 0 Å². The highest BCUT2D eigenvalue weighted by Gasteiger charge is 2.22. The number of hydrogen-bond donors (Lipinski definition) is 1. The van der Waals surface area contributed by atoms with Crippen LogP contribution in [0, 0.1) is 0 Å². The molecule has 18 nitrogen and oxygen atoms in total. The maximum atomic E-state index is 13.3. The van der Waals surface area contributed by atoms with Gasteiger partial charge in [0.25, 0.3) is 11.1 Å². The third kappa shape index (κ3) is 10.6. The van der Waals surface area contributed by atoms with Crippen molar-refractivity contribution in [2.75, 3.05) is 82.9 Å². The molecule has 0 saturated carbocycles. The summed E-state index contributed by atoms with van der Waals surface area (Å²) in [7, 11) is 4.15. The van der Waals surface area contributed by atoms with Gasteiger partial charge in [-0.15, -0.1) is 10.2 Å². The number of aldehydes is 1. The SMILES string of the molecule is C.C.CN1CCN(c2nc(CCC=O)cn(-c3ccc(-n4ccnn4)cc3)c2=O)CC1.CN1CCN(c2nc(CCCO)cn(-c3ccc(-n4ccnn4)cc3)c2=O)CC1. The number of piperazine rings is 2. The van der Waals surface area contributed by atoms with E-state index in [2.05, 4.69) is 59.4 Å². The number of hydrogen-bond acceptors (Lipinski definition) is 14. The zero-order valence-electron chi connectivity index (χ0n) is 32.8. The van der Waals surface area contributed by atoms with E-state index in [0.29, 0.717) is 37.3 Å². The number of benzene rings is 2. The minimum absolute atomic E-state index is 0. The Bertz CT molecular complexity index is 2350. The molecule has 2 saturated heterocycles. The summed E-state index contributed by atoms with van der Waals surface area (Å²) in [5.41, 5.74) is 4.47. The summed E-state index contributed by atoms with van der Waals surface area (Å²) >= 11 is 0. The Hall–Kier alpha value is -6.37. The van der Waals surface area contributed by atoms with Gasteiger partial charge in [0.15, 0.2) is 11.6 Å². The first kappa shape index (κ1) is 44.7. The van der Waals surface area contributed by atoms with Crippen molar-refractivity contribution in [2.45, 2.75) is 40.5 Å². The lowest BCUT2D eigenvalue weighted by atomic mass is 10.2. The standard InChI is InChI=1S/C20H25N7O2.C20H23N7O2.2CH4/c2*1-24-10-12-25(13-11-24)19-20(29)26(15-16(22-19)3-2-14-28)17-4-6-18(7-5-17)27-9-8-21-23-27;;/h4-9,15,28H,2-3,10-14H2,1H3;4-9,14-15H,2-3,10-13H2,1H3;2*1H4. The fourth-order valence-corrected chi connectivity index (χ4v) is 6.82. The summed E-state index contributed by atoms with van der Waals surface area (Å²) in [4.78, 5) is 55.2. The van der Waals surface area contributed by atoms with Crippen molar-refractivity contribution in [3.05, 3.63) is 118 Å². The Morgan fingerprint density at radius 2 is 1.00 bits per heavy atom. The number of aryl methyl sites for hydroxylation is 2. The second kappa shape index (κ2) is 21.1. The lowest BCUT2D eigenvalue weighted by molar-refractivity contribution is -0.107. The van der Waals surface area contributed by atoms with Gasteiger partial charge in [0.2, 0.25) is 0 Å². The van der Waals surface area contributed by atoms with Gasteiger partial charge in [0.05, 0.1) is 47.6 Å². The van der Waals surface area contributed by atoms with Gasteiger partial charge >= 0.3 is 0 Å². The average molecular weight is 821 g/mol. The second-order valence-electron chi connectivity index (χ2n) is 14.3. The number of carbonyl (C=O) groups excluding carboxylic acids is 1. The quantitative estimate of drug-likeness (QED) is 0.178. The molecule has 1 N–H and O–H groups in total. The van der Waals surface area contributed by atoms with Gasteiger partial charge in [-0.3, -0.25) is 18.7 Å². The summed E-state index contributed by atoms with van der Waals surface area (Å²) in [6.07, 6.45) is 13.3. The number of anilines is 2. The topological polar surface area (TPSA) is 181 Å². The minimum atomic E-state index is -0.155. The van der Waals surface area contributed by atoms with Crippen LogP contribution in [0.4, 0.5) is 11.6 Å². The molecule has 0 radical (unpaired) electrons. The zero-order chi connectivity index (χ0) is 40.4. The van der Waals surface area contributed by atoms with Crippen LogP contribution in [-0.2, 0) is 17.6 Å². The van der Waals surface area contributed by atoms with Crippen LogP contribution in [0.3, 0.4) is 0 Å². The lowest BCUT2D eigenvalue weighted by Crippen LogP contribution is -2.47. The molecule has 4 aromatic heterocycles. The normalized spacial score (nSPS) is 14.4. The Labute approximate surface area is 349 Å². The summed E-state index contributed by atoms with van der Waals surface area (Å²) in [6, 6.07) is 15.1. The zero-order valence-corrected chi connectivity index (χ0v) is 32.8. The maximum Gasteiger partial charge on any atom is 0.298 e. The van der Waals surface area contributed by atoms with E-state index in [1.807, 2.05) is 53.4 Å². The second-order valence-corrected chi connectivity index (χ2v) is 14.3. The number of carbonyl (C=O) groups is 1. The average Bonchev–Trinajstić information content (AvgIpc) is 4.01. The fraction of sp³-hybridized carbons (Fsp3) is 0.405. The summed E-state index contributed by atoms with van der Waals surface area (Å²) < 4.78 is 6.59. The third-order valence-corrected chi connectivity index (χ3v) is 10.2. The largest absolute Gasteiger partial charge is 0.396 e. The molecule has 18 heteroatoms. The fourth-order valence-electron chi connectivity index (χ4n) is 6.82. The summed E-state index contributed by atoms with van der Waals surface area (Å²) in [5.74, 6) is 0.927. The Morgan fingerprint density at radius 1 is 0.600 bits per heavy atom. The van der Waals surface area contributed by atoms with Crippen molar-refractivity contribution in [3.8, 4) is 22.7 Å². The molecule has 0 aliphatic carbocycles. The van der Waals surface area contributed by atoms with Gasteiger partial charge in [0.1, 0.15) is 6.29 Å². The van der Waals surface area contributed by atoms with Crippen molar-refractivity contribution in [1.29, 1.82) is 0 Å². The molecule has 60 heavy (non-hydrogen) atoms. The van der Waals surface area contributed by atoms with Crippen LogP contribution in [0.1, 0.15) is 39.1 Å². The van der Waals surface area contributed by atoms with Gasteiger partial charge < -0.3 is 29.5 Å². The molecule has 8 rings (SSSR count).